The van der Waals surface area contributed by atoms with E-state index in [2.05, 4.69) is 19.1 Å². The molecular formula is C15H20O2S. The summed E-state index contributed by atoms with van der Waals surface area (Å²) in [6.45, 7) is 2.22. The van der Waals surface area contributed by atoms with Gasteiger partial charge in [-0.2, -0.15) is 0 Å². The van der Waals surface area contributed by atoms with Crippen molar-refractivity contribution in [3.05, 3.63) is 42.0 Å². The van der Waals surface area contributed by atoms with Crippen LogP contribution in [0.15, 0.2) is 41.3 Å². The maximum Gasteiger partial charge on any atom is 0.175 e. The zero-order valence-electron chi connectivity index (χ0n) is 11.0. The van der Waals surface area contributed by atoms with Gasteiger partial charge in [-0.15, -0.1) is 0 Å². The summed E-state index contributed by atoms with van der Waals surface area (Å²) in [5.74, 6) is 1.25. The Balaban J connectivity index is 2.04. The van der Waals surface area contributed by atoms with Crippen molar-refractivity contribution in [3.8, 4) is 0 Å². The van der Waals surface area contributed by atoms with Crippen LogP contribution in [0.1, 0.15) is 37.7 Å². The largest absolute Gasteiger partial charge is 0.224 e. The van der Waals surface area contributed by atoms with Crippen LogP contribution in [0.25, 0.3) is 0 Å². The molecule has 1 aliphatic carbocycles. The maximum atomic E-state index is 11.4. The smallest absolute Gasteiger partial charge is 0.175 e. The average molecular weight is 264 g/mol. The number of sulfone groups is 1. The van der Waals surface area contributed by atoms with E-state index in [1.54, 1.807) is 12.1 Å². The monoisotopic (exact) mass is 264 g/mol. The Morgan fingerprint density at radius 1 is 1.17 bits per heavy atom. The van der Waals surface area contributed by atoms with Crippen molar-refractivity contribution in [2.24, 2.45) is 5.92 Å². The fourth-order valence-electron chi connectivity index (χ4n) is 2.55. The third kappa shape index (κ3) is 3.22. The van der Waals surface area contributed by atoms with Crippen LogP contribution >= 0.6 is 0 Å². The summed E-state index contributed by atoms with van der Waals surface area (Å²) >= 11 is 0. The summed E-state index contributed by atoms with van der Waals surface area (Å²) < 4.78 is 22.8. The second-order valence-corrected chi connectivity index (χ2v) is 7.30. The van der Waals surface area contributed by atoms with E-state index in [1.165, 1.54) is 31.1 Å². The molecule has 1 atom stereocenters. The van der Waals surface area contributed by atoms with Crippen LogP contribution in [0.4, 0.5) is 0 Å². The number of hydrogen-bond donors (Lipinski definition) is 0. The molecule has 0 spiro atoms. The fourth-order valence-corrected chi connectivity index (χ4v) is 3.18. The van der Waals surface area contributed by atoms with Crippen LogP contribution in [0, 0.1) is 5.92 Å². The lowest BCUT2D eigenvalue weighted by Gasteiger charge is -2.16. The van der Waals surface area contributed by atoms with Crippen molar-refractivity contribution in [2.75, 3.05) is 6.26 Å². The summed E-state index contributed by atoms with van der Waals surface area (Å²) in [5, 5.41) is 0. The van der Waals surface area contributed by atoms with Crippen molar-refractivity contribution < 1.29 is 8.42 Å². The van der Waals surface area contributed by atoms with Gasteiger partial charge < -0.3 is 0 Å². The SMILES string of the molecule is CC(CC1CC=CC1)c1ccc(S(C)(=O)=O)cc1. The van der Waals surface area contributed by atoms with Gasteiger partial charge in [-0.3, -0.25) is 0 Å². The van der Waals surface area contributed by atoms with Gasteiger partial charge in [0.1, 0.15) is 0 Å². The lowest BCUT2D eigenvalue weighted by Crippen LogP contribution is -2.03. The first-order chi connectivity index (χ1) is 8.47. The van der Waals surface area contributed by atoms with Gasteiger partial charge in [-0.25, -0.2) is 8.42 Å². The molecule has 1 unspecified atom stereocenters. The lowest BCUT2D eigenvalue weighted by atomic mass is 9.89. The van der Waals surface area contributed by atoms with Crippen LogP contribution in [0.5, 0.6) is 0 Å². The quantitative estimate of drug-likeness (QED) is 0.779. The van der Waals surface area contributed by atoms with Gasteiger partial charge in [-0.1, -0.05) is 31.2 Å². The molecule has 0 aliphatic heterocycles. The van der Waals surface area contributed by atoms with Gasteiger partial charge in [0.25, 0.3) is 0 Å². The minimum atomic E-state index is -3.08. The fraction of sp³-hybridized carbons (Fsp3) is 0.467. The van der Waals surface area contributed by atoms with E-state index in [0.29, 0.717) is 10.8 Å². The second kappa shape index (κ2) is 5.27. The summed E-state index contributed by atoms with van der Waals surface area (Å²) in [6.07, 6.45) is 9.30. The first-order valence-electron chi connectivity index (χ1n) is 6.42. The van der Waals surface area contributed by atoms with Crippen LogP contribution < -0.4 is 0 Å². The van der Waals surface area contributed by atoms with E-state index in [-0.39, 0.29) is 0 Å². The molecule has 3 heteroatoms. The predicted molar refractivity (Wildman–Crippen MR) is 74.4 cm³/mol. The van der Waals surface area contributed by atoms with E-state index >= 15 is 0 Å². The Labute approximate surface area is 110 Å². The van der Waals surface area contributed by atoms with Crippen LogP contribution in [-0.2, 0) is 9.84 Å². The van der Waals surface area contributed by atoms with E-state index in [4.69, 9.17) is 0 Å². The molecule has 2 nitrogen and oxygen atoms in total. The minimum absolute atomic E-state index is 0.404. The zero-order valence-corrected chi connectivity index (χ0v) is 11.8. The molecule has 1 aliphatic rings. The number of benzene rings is 1. The normalized spacial score (nSPS) is 18.1. The van der Waals surface area contributed by atoms with Crippen LogP contribution in [-0.4, -0.2) is 14.7 Å². The Bertz CT molecular complexity index is 518. The molecule has 0 saturated heterocycles. The Kier molecular flexibility index (Phi) is 3.91. The van der Waals surface area contributed by atoms with Crippen molar-refractivity contribution in [1.82, 2.24) is 0 Å². The number of hydrogen-bond acceptors (Lipinski definition) is 2. The minimum Gasteiger partial charge on any atom is -0.224 e. The number of rotatable bonds is 4. The highest BCUT2D eigenvalue weighted by atomic mass is 32.2. The molecule has 98 valence electrons. The summed E-state index contributed by atoms with van der Waals surface area (Å²) in [7, 11) is -3.08. The van der Waals surface area contributed by atoms with E-state index in [9.17, 15) is 8.42 Å². The molecule has 0 aromatic heterocycles. The van der Waals surface area contributed by atoms with Crippen molar-refractivity contribution in [3.63, 3.8) is 0 Å². The zero-order chi connectivity index (χ0) is 13.2. The van der Waals surface area contributed by atoms with Gasteiger partial charge >= 0.3 is 0 Å². The maximum absolute atomic E-state index is 11.4. The molecule has 1 aromatic rings. The van der Waals surface area contributed by atoms with Gasteiger partial charge in [0.15, 0.2) is 9.84 Å². The third-order valence-electron chi connectivity index (χ3n) is 3.67. The van der Waals surface area contributed by atoms with Crippen molar-refractivity contribution >= 4 is 9.84 Å². The molecular weight excluding hydrogens is 244 g/mol. The lowest BCUT2D eigenvalue weighted by molar-refractivity contribution is 0.474. The van der Waals surface area contributed by atoms with Gasteiger partial charge in [0.05, 0.1) is 4.90 Å². The third-order valence-corrected chi connectivity index (χ3v) is 4.80. The topological polar surface area (TPSA) is 34.1 Å². The van der Waals surface area contributed by atoms with Crippen molar-refractivity contribution in [2.45, 2.75) is 37.0 Å². The average Bonchev–Trinajstić information content (AvgIpc) is 2.81. The predicted octanol–water partition coefficient (Wildman–Crippen LogP) is 3.55. The van der Waals surface area contributed by atoms with Gasteiger partial charge in [-0.05, 0) is 48.8 Å². The van der Waals surface area contributed by atoms with E-state index in [0.717, 1.165) is 5.92 Å². The highest BCUT2D eigenvalue weighted by Crippen LogP contribution is 2.30. The van der Waals surface area contributed by atoms with Crippen LogP contribution in [0.3, 0.4) is 0 Å². The van der Waals surface area contributed by atoms with Gasteiger partial charge in [0.2, 0.25) is 0 Å². The van der Waals surface area contributed by atoms with Crippen LogP contribution in [0.2, 0.25) is 0 Å². The molecule has 0 bridgehead atoms. The molecule has 0 N–H and O–H groups in total. The molecule has 0 heterocycles. The molecule has 2 rings (SSSR count). The Morgan fingerprint density at radius 3 is 2.22 bits per heavy atom. The molecule has 0 fully saturated rings. The van der Waals surface area contributed by atoms with Gasteiger partial charge in [0, 0.05) is 6.26 Å². The second-order valence-electron chi connectivity index (χ2n) is 5.29. The Morgan fingerprint density at radius 2 is 1.72 bits per heavy atom. The molecule has 1 aromatic carbocycles. The summed E-state index contributed by atoms with van der Waals surface area (Å²) in [6, 6.07) is 7.33. The standard InChI is InChI=1S/C15H20O2S/c1-12(11-13-5-3-4-6-13)14-7-9-15(10-8-14)18(2,16)17/h3-4,7-10,12-13H,5-6,11H2,1-2H3. The molecule has 0 radical (unpaired) electrons. The first-order valence-corrected chi connectivity index (χ1v) is 8.31. The van der Waals surface area contributed by atoms with E-state index < -0.39 is 9.84 Å². The molecule has 18 heavy (non-hydrogen) atoms. The summed E-state index contributed by atoms with van der Waals surface area (Å²) in [5.41, 5.74) is 1.23. The summed E-state index contributed by atoms with van der Waals surface area (Å²) in [4.78, 5) is 0.404. The van der Waals surface area contributed by atoms with Crippen molar-refractivity contribution in [1.29, 1.82) is 0 Å². The first kappa shape index (κ1) is 13.3. The molecule has 0 amide bonds. The molecule has 0 saturated carbocycles. The number of allylic oxidation sites excluding steroid dienone is 2. The van der Waals surface area contributed by atoms with E-state index in [1.807, 2.05) is 12.1 Å². The Hall–Kier alpha value is -1.09. The highest BCUT2D eigenvalue weighted by molar-refractivity contribution is 7.90. The highest BCUT2D eigenvalue weighted by Gasteiger charge is 2.16.